The number of anilines is 1. The maximum absolute atomic E-state index is 13.7. The first kappa shape index (κ1) is 32.9. The van der Waals surface area contributed by atoms with Gasteiger partial charge in [-0.05, 0) is 67.1 Å². The van der Waals surface area contributed by atoms with E-state index >= 15 is 0 Å². The van der Waals surface area contributed by atoms with Gasteiger partial charge in [0.05, 0.1) is 11.9 Å². The van der Waals surface area contributed by atoms with Crippen LogP contribution in [0.1, 0.15) is 27.8 Å². The predicted octanol–water partition coefficient (Wildman–Crippen LogP) is 3.36. The molecule has 0 aromatic heterocycles. The van der Waals surface area contributed by atoms with E-state index in [2.05, 4.69) is 10.6 Å². The van der Waals surface area contributed by atoms with E-state index in [0.717, 1.165) is 33.5 Å². The molecule has 1 aliphatic heterocycles. The van der Waals surface area contributed by atoms with Crippen molar-refractivity contribution in [2.45, 2.75) is 51.9 Å². The van der Waals surface area contributed by atoms with Crippen LogP contribution in [-0.4, -0.2) is 78.2 Å². The van der Waals surface area contributed by atoms with Crippen molar-refractivity contribution in [2.75, 3.05) is 37.2 Å². The largest absolute Gasteiger partial charge is 0.483 e. The lowest BCUT2D eigenvalue weighted by Crippen LogP contribution is -2.56. The van der Waals surface area contributed by atoms with Gasteiger partial charge in [-0.15, -0.1) is 11.8 Å². The van der Waals surface area contributed by atoms with Crippen molar-refractivity contribution >= 4 is 35.2 Å². The van der Waals surface area contributed by atoms with Crippen molar-refractivity contribution in [3.05, 3.63) is 94.5 Å². The van der Waals surface area contributed by atoms with Crippen LogP contribution >= 0.6 is 11.8 Å². The van der Waals surface area contributed by atoms with Gasteiger partial charge in [0.2, 0.25) is 5.91 Å². The molecule has 3 amide bonds. The summed E-state index contributed by atoms with van der Waals surface area (Å²) in [5.74, 6) is -0.0183. The summed E-state index contributed by atoms with van der Waals surface area (Å²) in [7, 11) is 3.92. The minimum atomic E-state index is -1.56. The van der Waals surface area contributed by atoms with Gasteiger partial charge in [0.15, 0.2) is 12.7 Å². The van der Waals surface area contributed by atoms with Gasteiger partial charge in [-0.1, -0.05) is 54.6 Å². The van der Waals surface area contributed by atoms with E-state index in [1.165, 1.54) is 16.7 Å². The van der Waals surface area contributed by atoms with Crippen LogP contribution in [0, 0.1) is 20.8 Å². The van der Waals surface area contributed by atoms with Gasteiger partial charge in [-0.3, -0.25) is 14.4 Å². The molecule has 0 aliphatic carbocycles. The van der Waals surface area contributed by atoms with Crippen LogP contribution < -0.4 is 20.3 Å². The summed E-state index contributed by atoms with van der Waals surface area (Å²) in [6.45, 7) is 5.90. The van der Waals surface area contributed by atoms with Crippen molar-refractivity contribution < 1.29 is 24.2 Å². The maximum Gasteiger partial charge on any atom is 0.258 e. The van der Waals surface area contributed by atoms with Crippen molar-refractivity contribution in [3.63, 3.8) is 0 Å². The molecule has 0 radical (unpaired) electrons. The number of aliphatic hydroxyl groups excluding tert-OH is 1. The van der Waals surface area contributed by atoms with E-state index in [1.807, 2.05) is 106 Å². The average molecular weight is 619 g/mol. The summed E-state index contributed by atoms with van der Waals surface area (Å²) < 4.78 is 5.91. The second-order valence-electron chi connectivity index (χ2n) is 11.4. The Bertz CT molecular complexity index is 1440. The fourth-order valence-electron chi connectivity index (χ4n) is 5.24. The average Bonchev–Trinajstić information content (AvgIpc) is 3.50. The van der Waals surface area contributed by atoms with Gasteiger partial charge in [-0.2, -0.15) is 0 Å². The lowest BCUT2D eigenvalue weighted by Gasteiger charge is -2.30. The number of benzene rings is 3. The molecular formula is C34H42N4O5S. The quantitative estimate of drug-likeness (QED) is 0.286. The number of nitrogens with one attached hydrogen (secondary N) is 2. The van der Waals surface area contributed by atoms with Crippen LogP contribution in [0.25, 0.3) is 0 Å². The molecule has 234 valence electrons. The highest BCUT2D eigenvalue weighted by Gasteiger charge is 2.40. The summed E-state index contributed by atoms with van der Waals surface area (Å²) in [6, 6.07) is 19.5. The Balaban J connectivity index is 1.44. The SMILES string of the molecule is Cc1ccccc1CNC(=O)[C@@H]1CSCN1C(=O)[C@@H](O)[C@H](Cc1ccccc1)NC(=O)COc1c(C)cc(N(C)C)cc1C. The molecule has 3 atom stereocenters. The van der Waals surface area contributed by atoms with Crippen molar-refractivity contribution in [2.24, 2.45) is 0 Å². The van der Waals surface area contributed by atoms with Crippen LogP contribution in [0.3, 0.4) is 0 Å². The summed E-state index contributed by atoms with van der Waals surface area (Å²) >= 11 is 1.45. The molecule has 3 N–H and O–H groups in total. The normalized spacial score (nSPS) is 15.8. The first-order valence-corrected chi connectivity index (χ1v) is 15.8. The van der Waals surface area contributed by atoms with E-state index in [9.17, 15) is 19.5 Å². The molecule has 1 saturated heterocycles. The molecular weight excluding hydrogens is 576 g/mol. The van der Waals surface area contributed by atoms with Crippen LogP contribution in [0.5, 0.6) is 5.75 Å². The third-order valence-electron chi connectivity index (χ3n) is 7.77. The standard InChI is InChI=1S/C34H42N4O5S/c1-22-11-9-10-14-26(22)18-35-33(41)29-20-44-21-38(29)34(42)31(40)28(17-25-12-7-6-8-13-25)36-30(39)19-43-32-23(2)15-27(37(4)5)16-24(32)3/h6-16,28-29,31,40H,17-21H2,1-5H3,(H,35,41)(H,36,39)/t28-,29-,31-/m0/s1. The fourth-order valence-corrected chi connectivity index (χ4v) is 6.40. The Kier molecular flexibility index (Phi) is 11.3. The highest BCUT2D eigenvalue weighted by atomic mass is 32.2. The number of ether oxygens (including phenoxy) is 1. The van der Waals surface area contributed by atoms with Gasteiger partial charge in [0.1, 0.15) is 11.8 Å². The minimum Gasteiger partial charge on any atom is -0.483 e. The summed E-state index contributed by atoms with van der Waals surface area (Å²) in [5, 5.41) is 17.1. The fraction of sp³-hybridized carbons (Fsp3) is 0.382. The van der Waals surface area contributed by atoms with Crippen LogP contribution in [0.2, 0.25) is 0 Å². The number of carbonyl (C=O) groups is 3. The number of rotatable bonds is 12. The smallest absolute Gasteiger partial charge is 0.258 e. The number of carbonyl (C=O) groups excluding carboxylic acids is 3. The minimum absolute atomic E-state index is 0.222. The van der Waals surface area contributed by atoms with Gasteiger partial charge in [-0.25, -0.2) is 0 Å². The summed E-state index contributed by atoms with van der Waals surface area (Å²) in [5.41, 5.74) is 5.74. The van der Waals surface area contributed by atoms with Crippen LogP contribution in [-0.2, 0) is 27.3 Å². The Hall–Kier alpha value is -4.02. The molecule has 3 aromatic carbocycles. The molecule has 0 bridgehead atoms. The first-order chi connectivity index (χ1) is 21.0. The summed E-state index contributed by atoms with van der Waals surface area (Å²) in [4.78, 5) is 43.3. The number of aliphatic hydroxyl groups is 1. The molecule has 0 saturated carbocycles. The van der Waals surface area contributed by atoms with Crippen LogP contribution in [0.15, 0.2) is 66.7 Å². The van der Waals surface area contributed by atoms with Crippen molar-refractivity contribution in [1.82, 2.24) is 15.5 Å². The lowest BCUT2D eigenvalue weighted by molar-refractivity contribution is -0.146. The van der Waals surface area contributed by atoms with E-state index < -0.39 is 30.0 Å². The molecule has 44 heavy (non-hydrogen) atoms. The molecule has 0 spiro atoms. The third-order valence-corrected chi connectivity index (χ3v) is 8.78. The molecule has 0 unspecified atom stereocenters. The summed E-state index contributed by atoms with van der Waals surface area (Å²) in [6.07, 6.45) is -1.34. The van der Waals surface area contributed by atoms with E-state index in [-0.39, 0.29) is 24.8 Å². The Morgan fingerprint density at radius 3 is 2.32 bits per heavy atom. The van der Waals surface area contributed by atoms with E-state index in [0.29, 0.717) is 18.0 Å². The highest BCUT2D eigenvalue weighted by Crippen LogP contribution is 2.28. The van der Waals surface area contributed by atoms with Gasteiger partial charge < -0.3 is 30.3 Å². The lowest BCUT2D eigenvalue weighted by atomic mass is 9.99. The van der Waals surface area contributed by atoms with Gasteiger partial charge >= 0.3 is 0 Å². The molecule has 9 nitrogen and oxygen atoms in total. The molecule has 1 aliphatic rings. The zero-order valence-electron chi connectivity index (χ0n) is 26.0. The maximum atomic E-state index is 13.7. The Labute approximate surface area is 264 Å². The third kappa shape index (κ3) is 8.33. The zero-order chi connectivity index (χ0) is 31.8. The molecule has 4 rings (SSSR count). The van der Waals surface area contributed by atoms with Crippen molar-refractivity contribution in [1.29, 1.82) is 0 Å². The monoisotopic (exact) mass is 618 g/mol. The molecule has 1 heterocycles. The second-order valence-corrected chi connectivity index (χ2v) is 12.4. The zero-order valence-corrected chi connectivity index (χ0v) is 26.8. The number of hydrogen-bond acceptors (Lipinski definition) is 7. The molecule has 1 fully saturated rings. The van der Waals surface area contributed by atoms with Gasteiger partial charge in [0.25, 0.3) is 11.8 Å². The Morgan fingerprint density at radius 1 is 1.00 bits per heavy atom. The number of thioether (sulfide) groups is 1. The Morgan fingerprint density at radius 2 is 1.66 bits per heavy atom. The highest BCUT2D eigenvalue weighted by molar-refractivity contribution is 7.99. The number of hydrogen-bond donors (Lipinski definition) is 3. The molecule has 3 aromatic rings. The second kappa shape index (κ2) is 15.1. The number of aryl methyl sites for hydroxylation is 3. The number of nitrogens with zero attached hydrogens (tertiary/aromatic N) is 2. The van der Waals surface area contributed by atoms with Crippen LogP contribution in [0.4, 0.5) is 5.69 Å². The van der Waals surface area contributed by atoms with E-state index in [4.69, 9.17) is 4.74 Å². The predicted molar refractivity (Wildman–Crippen MR) is 175 cm³/mol. The number of amides is 3. The van der Waals surface area contributed by atoms with Crippen molar-refractivity contribution in [3.8, 4) is 5.75 Å². The van der Waals surface area contributed by atoms with E-state index in [1.54, 1.807) is 0 Å². The first-order valence-electron chi connectivity index (χ1n) is 14.7. The molecule has 10 heteroatoms. The topological polar surface area (TPSA) is 111 Å². The van der Waals surface area contributed by atoms with Gasteiger partial charge in [0, 0.05) is 32.1 Å².